The molecule has 1 atom stereocenters. The maximum Gasteiger partial charge on any atom is 0.255 e. The van der Waals surface area contributed by atoms with E-state index in [1.54, 1.807) is 36.4 Å². The highest BCUT2D eigenvalue weighted by Gasteiger charge is 2.09. The standard InChI is InChI=1S/C17H17Cl2NO2/c1-3-11(2)22-14-6-4-5-12(9-14)17(21)20-13-7-8-15(18)16(19)10-13/h4-11H,3H2,1-2H3,(H,20,21). The predicted molar refractivity (Wildman–Crippen MR) is 91.2 cm³/mol. The highest BCUT2D eigenvalue weighted by molar-refractivity contribution is 6.42. The molecule has 0 aromatic heterocycles. The van der Waals surface area contributed by atoms with Crippen LogP contribution in [0.2, 0.25) is 10.0 Å². The third-order valence-corrected chi connectivity index (χ3v) is 3.92. The van der Waals surface area contributed by atoms with Crippen molar-refractivity contribution >= 4 is 34.8 Å². The Morgan fingerprint density at radius 3 is 2.64 bits per heavy atom. The minimum absolute atomic E-state index is 0.105. The average molecular weight is 338 g/mol. The predicted octanol–water partition coefficient (Wildman–Crippen LogP) is 5.42. The van der Waals surface area contributed by atoms with Crippen LogP contribution in [0.25, 0.3) is 0 Å². The van der Waals surface area contributed by atoms with Gasteiger partial charge in [-0.1, -0.05) is 36.2 Å². The SMILES string of the molecule is CCC(C)Oc1cccc(C(=O)Nc2ccc(Cl)c(Cl)c2)c1. The maximum absolute atomic E-state index is 12.3. The average Bonchev–Trinajstić information content (AvgIpc) is 2.51. The molecule has 22 heavy (non-hydrogen) atoms. The lowest BCUT2D eigenvalue weighted by atomic mass is 10.2. The van der Waals surface area contributed by atoms with E-state index in [9.17, 15) is 4.79 Å². The zero-order valence-corrected chi connectivity index (χ0v) is 13.9. The molecule has 0 aliphatic heterocycles. The molecule has 1 unspecified atom stereocenters. The van der Waals surface area contributed by atoms with Crippen molar-refractivity contribution in [3.8, 4) is 5.75 Å². The van der Waals surface area contributed by atoms with Crippen molar-refractivity contribution in [2.24, 2.45) is 0 Å². The maximum atomic E-state index is 12.3. The number of hydrogen-bond donors (Lipinski definition) is 1. The Bertz CT molecular complexity index is 673. The Hall–Kier alpha value is -1.71. The van der Waals surface area contributed by atoms with Gasteiger partial charge in [0, 0.05) is 11.3 Å². The van der Waals surface area contributed by atoms with E-state index in [4.69, 9.17) is 27.9 Å². The number of hydrogen-bond acceptors (Lipinski definition) is 2. The molecule has 1 N–H and O–H groups in total. The Morgan fingerprint density at radius 2 is 1.95 bits per heavy atom. The molecule has 1 amide bonds. The van der Waals surface area contributed by atoms with Crippen molar-refractivity contribution in [2.75, 3.05) is 5.32 Å². The van der Waals surface area contributed by atoms with Crippen molar-refractivity contribution in [1.29, 1.82) is 0 Å². The van der Waals surface area contributed by atoms with Gasteiger partial charge in [-0.2, -0.15) is 0 Å². The molecule has 116 valence electrons. The molecule has 3 nitrogen and oxygen atoms in total. The molecule has 0 fully saturated rings. The van der Waals surface area contributed by atoms with Crippen LogP contribution in [-0.2, 0) is 0 Å². The molecule has 0 radical (unpaired) electrons. The zero-order chi connectivity index (χ0) is 16.1. The Morgan fingerprint density at radius 1 is 1.18 bits per heavy atom. The normalized spacial score (nSPS) is 11.8. The number of halogens is 2. The molecular weight excluding hydrogens is 321 g/mol. The number of anilines is 1. The van der Waals surface area contributed by atoms with Gasteiger partial charge in [-0.25, -0.2) is 0 Å². The summed E-state index contributed by atoms with van der Waals surface area (Å²) in [6, 6.07) is 12.0. The van der Waals surface area contributed by atoms with Crippen LogP contribution in [-0.4, -0.2) is 12.0 Å². The summed E-state index contributed by atoms with van der Waals surface area (Å²) in [4.78, 5) is 12.3. The summed E-state index contributed by atoms with van der Waals surface area (Å²) in [6.07, 6.45) is 1.01. The Labute approximate surface area is 140 Å². The van der Waals surface area contributed by atoms with Gasteiger partial charge < -0.3 is 10.1 Å². The molecule has 0 saturated heterocycles. The van der Waals surface area contributed by atoms with E-state index < -0.39 is 0 Å². The van der Waals surface area contributed by atoms with Crippen LogP contribution in [0.5, 0.6) is 5.75 Å². The van der Waals surface area contributed by atoms with Gasteiger partial charge in [-0.05, 0) is 49.7 Å². The third kappa shape index (κ3) is 4.39. The summed E-state index contributed by atoms with van der Waals surface area (Å²) >= 11 is 11.8. The van der Waals surface area contributed by atoms with E-state index in [0.29, 0.717) is 27.0 Å². The fourth-order valence-electron chi connectivity index (χ4n) is 1.80. The van der Waals surface area contributed by atoms with Gasteiger partial charge in [0.2, 0.25) is 0 Å². The summed E-state index contributed by atoms with van der Waals surface area (Å²) in [7, 11) is 0. The Kier molecular flexibility index (Phi) is 5.69. The first-order valence-electron chi connectivity index (χ1n) is 7.02. The summed E-state index contributed by atoms with van der Waals surface area (Å²) in [6.45, 7) is 4.04. The molecule has 0 spiro atoms. The van der Waals surface area contributed by atoms with Crippen LogP contribution in [0.3, 0.4) is 0 Å². The van der Waals surface area contributed by atoms with Gasteiger partial charge in [0.25, 0.3) is 5.91 Å². The monoisotopic (exact) mass is 337 g/mol. The van der Waals surface area contributed by atoms with Crippen molar-refractivity contribution in [3.05, 3.63) is 58.1 Å². The van der Waals surface area contributed by atoms with Crippen LogP contribution in [0.4, 0.5) is 5.69 Å². The van der Waals surface area contributed by atoms with Crippen molar-refractivity contribution in [2.45, 2.75) is 26.4 Å². The molecule has 2 aromatic carbocycles. The summed E-state index contributed by atoms with van der Waals surface area (Å²) < 4.78 is 5.72. The number of nitrogens with one attached hydrogen (secondary N) is 1. The van der Waals surface area contributed by atoms with Crippen molar-refractivity contribution in [1.82, 2.24) is 0 Å². The molecule has 0 aliphatic rings. The van der Waals surface area contributed by atoms with Gasteiger partial charge in [0.05, 0.1) is 16.1 Å². The molecule has 0 heterocycles. The second-order valence-corrected chi connectivity index (χ2v) is 5.76. The van der Waals surface area contributed by atoms with Crippen LogP contribution in [0.1, 0.15) is 30.6 Å². The first kappa shape index (κ1) is 16.7. The summed E-state index contributed by atoms with van der Waals surface area (Å²) in [5.41, 5.74) is 1.11. The lowest BCUT2D eigenvalue weighted by Crippen LogP contribution is -2.13. The molecule has 0 aliphatic carbocycles. The Balaban J connectivity index is 2.12. The number of carbonyl (C=O) groups excluding carboxylic acids is 1. The first-order valence-corrected chi connectivity index (χ1v) is 7.78. The molecular formula is C17H17Cl2NO2. The topological polar surface area (TPSA) is 38.3 Å². The highest BCUT2D eigenvalue weighted by Crippen LogP contribution is 2.25. The summed E-state index contributed by atoms with van der Waals surface area (Å²) in [5, 5.41) is 3.63. The fraction of sp³-hybridized carbons (Fsp3) is 0.235. The van der Waals surface area contributed by atoms with E-state index in [0.717, 1.165) is 6.42 Å². The van der Waals surface area contributed by atoms with Crippen LogP contribution in [0.15, 0.2) is 42.5 Å². The van der Waals surface area contributed by atoms with Gasteiger partial charge in [0.15, 0.2) is 0 Å². The van der Waals surface area contributed by atoms with Crippen molar-refractivity contribution in [3.63, 3.8) is 0 Å². The smallest absolute Gasteiger partial charge is 0.255 e. The highest BCUT2D eigenvalue weighted by atomic mass is 35.5. The van der Waals surface area contributed by atoms with Crippen molar-refractivity contribution < 1.29 is 9.53 Å². The molecule has 0 bridgehead atoms. The summed E-state index contributed by atoms with van der Waals surface area (Å²) in [5.74, 6) is 0.448. The molecule has 0 saturated carbocycles. The van der Waals surface area contributed by atoms with E-state index in [-0.39, 0.29) is 12.0 Å². The van der Waals surface area contributed by atoms with E-state index >= 15 is 0 Å². The number of ether oxygens (including phenoxy) is 1. The van der Waals surface area contributed by atoms with Crippen LogP contribution < -0.4 is 10.1 Å². The largest absolute Gasteiger partial charge is 0.491 e. The third-order valence-electron chi connectivity index (χ3n) is 3.19. The quantitative estimate of drug-likeness (QED) is 0.790. The van der Waals surface area contributed by atoms with Crippen LogP contribution in [0, 0.1) is 0 Å². The second kappa shape index (κ2) is 7.52. The second-order valence-electron chi connectivity index (χ2n) is 4.95. The van der Waals surface area contributed by atoms with Gasteiger partial charge in [-0.3, -0.25) is 4.79 Å². The minimum atomic E-state index is -0.229. The first-order chi connectivity index (χ1) is 10.5. The van der Waals surface area contributed by atoms with Gasteiger partial charge >= 0.3 is 0 Å². The fourth-order valence-corrected chi connectivity index (χ4v) is 2.10. The van der Waals surface area contributed by atoms with Gasteiger partial charge in [0.1, 0.15) is 5.75 Å². The van der Waals surface area contributed by atoms with Crippen LogP contribution >= 0.6 is 23.2 Å². The lowest BCUT2D eigenvalue weighted by Gasteiger charge is -2.13. The number of rotatable bonds is 5. The van der Waals surface area contributed by atoms with E-state index in [1.165, 1.54) is 0 Å². The van der Waals surface area contributed by atoms with E-state index in [1.807, 2.05) is 19.9 Å². The minimum Gasteiger partial charge on any atom is -0.491 e. The molecule has 5 heteroatoms. The molecule has 2 rings (SSSR count). The zero-order valence-electron chi connectivity index (χ0n) is 12.4. The van der Waals surface area contributed by atoms with E-state index in [2.05, 4.69) is 5.32 Å². The number of amides is 1. The molecule has 2 aromatic rings. The number of carbonyl (C=O) groups is 1. The number of benzene rings is 2. The van der Waals surface area contributed by atoms with Gasteiger partial charge in [-0.15, -0.1) is 0 Å². The lowest BCUT2D eigenvalue weighted by molar-refractivity contribution is 0.102.